The Morgan fingerprint density at radius 3 is 2.50 bits per heavy atom. The van der Waals surface area contributed by atoms with Gasteiger partial charge in [-0.15, -0.1) is 0 Å². The number of Topliss-reactive ketones (excluding diaryl/α,β-unsaturated/α-hetero) is 1. The Kier molecular flexibility index (Phi) is 4.50. The zero-order valence-corrected chi connectivity index (χ0v) is 13.7. The first-order chi connectivity index (χ1) is 12.3. The molecule has 0 unspecified atom stereocenters. The number of allylic oxidation sites excluding steroid dienone is 1. The number of alkyl halides is 3. The van der Waals surface area contributed by atoms with E-state index in [9.17, 15) is 22.8 Å². The van der Waals surface area contributed by atoms with Gasteiger partial charge in [-0.05, 0) is 30.7 Å². The van der Waals surface area contributed by atoms with Gasteiger partial charge in [0.05, 0.1) is 11.1 Å². The van der Waals surface area contributed by atoms with Gasteiger partial charge in [-0.2, -0.15) is 13.2 Å². The van der Waals surface area contributed by atoms with E-state index >= 15 is 0 Å². The summed E-state index contributed by atoms with van der Waals surface area (Å²) in [5, 5.41) is 0.164. The summed E-state index contributed by atoms with van der Waals surface area (Å²) in [6, 6.07) is 11.7. The maximum absolute atomic E-state index is 12.7. The van der Waals surface area contributed by atoms with Crippen LogP contribution < -0.4 is 0 Å². The second kappa shape index (κ2) is 6.63. The van der Waals surface area contributed by atoms with Crippen LogP contribution in [0.4, 0.5) is 13.2 Å². The van der Waals surface area contributed by atoms with E-state index in [4.69, 9.17) is 0 Å². The third kappa shape index (κ3) is 3.44. The zero-order chi connectivity index (χ0) is 18.9. The van der Waals surface area contributed by atoms with Crippen LogP contribution in [0.2, 0.25) is 0 Å². The molecule has 1 aromatic heterocycles. The van der Waals surface area contributed by atoms with Crippen molar-refractivity contribution in [3.63, 3.8) is 0 Å². The number of aromatic nitrogens is 1. The molecule has 0 bridgehead atoms. The molecule has 3 aromatic rings. The molecule has 0 aliphatic carbocycles. The number of ketones is 2. The Balaban J connectivity index is 1.95. The second-order valence-electron chi connectivity index (χ2n) is 5.87. The molecule has 1 heterocycles. The van der Waals surface area contributed by atoms with Crippen LogP contribution in [0.25, 0.3) is 17.0 Å². The van der Waals surface area contributed by atoms with Gasteiger partial charge in [-0.25, -0.2) is 0 Å². The largest absolute Gasteiger partial charge is 0.454 e. The number of para-hydroxylation sites is 1. The fourth-order valence-electron chi connectivity index (χ4n) is 2.72. The molecule has 0 aliphatic rings. The summed E-state index contributed by atoms with van der Waals surface area (Å²) in [7, 11) is 0. The molecule has 26 heavy (non-hydrogen) atoms. The molecule has 0 fully saturated rings. The van der Waals surface area contributed by atoms with Gasteiger partial charge in [0, 0.05) is 17.1 Å². The van der Waals surface area contributed by atoms with Crippen molar-refractivity contribution in [3.8, 4) is 0 Å². The first kappa shape index (κ1) is 17.7. The van der Waals surface area contributed by atoms with Crippen molar-refractivity contribution in [2.24, 2.45) is 0 Å². The van der Waals surface area contributed by atoms with E-state index < -0.39 is 17.5 Å². The highest BCUT2D eigenvalue weighted by molar-refractivity contribution is 6.12. The second-order valence-corrected chi connectivity index (χ2v) is 5.87. The van der Waals surface area contributed by atoms with Gasteiger partial charge in [-0.3, -0.25) is 9.59 Å². The average Bonchev–Trinajstić information content (AvgIpc) is 3.02. The van der Waals surface area contributed by atoms with Gasteiger partial charge in [0.1, 0.15) is 0 Å². The molecule has 0 saturated carbocycles. The van der Waals surface area contributed by atoms with Crippen molar-refractivity contribution in [2.75, 3.05) is 0 Å². The standard InChI is InChI=1S/C20H14F3NO2/c1-12-4-2-6-14(10-12)17(25)9-8-13-5-3-7-15-16(11-24-18(13)15)19(26)20(21,22)23/h2-11,24H,1H3/b9-8+. The number of hydrogen-bond acceptors (Lipinski definition) is 2. The number of H-pyrrole nitrogens is 1. The highest BCUT2D eigenvalue weighted by Gasteiger charge is 2.40. The summed E-state index contributed by atoms with van der Waals surface area (Å²) < 4.78 is 38.1. The van der Waals surface area contributed by atoms with Crippen LogP contribution in [0.1, 0.15) is 31.8 Å². The minimum absolute atomic E-state index is 0.164. The first-order valence-electron chi connectivity index (χ1n) is 7.78. The lowest BCUT2D eigenvalue weighted by Crippen LogP contribution is -2.22. The molecule has 0 spiro atoms. The van der Waals surface area contributed by atoms with Crippen molar-refractivity contribution < 1.29 is 22.8 Å². The molecule has 0 radical (unpaired) electrons. The number of fused-ring (bicyclic) bond motifs is 1. The Hall–Kier alpha value is -3.15. The van der Waals surface area contributed by atoms with E-state index in [1.807, 2.05) is 13.0 Å². The zero-order valence-electron chi connectivity index (χ0n) is 13.7. The number of benzene rings is 2. The number of hydrogen-bond donors (Lipinski definition) is 1. The molecule has 3 nitrogen and oxygen atoms in total. The van der Waals surface area contributed by atoms with Gasteiger partial charge in [0.2, 0.25) is 0 Å². The van der Waals surface area contributed by atoms with Gasteiger partial charge < -0.3 is 4.98 Å². The highest BCUT2D eigenvalue weighted by Crippen LogP contribution is 2.28. The average molecular weight is 357 g/mol. The van der Waals surface area contributed by atoms with E-state index in [0.717, 1.165) is 11.8 Å². The Morgan fingerprint density at radius 1 is 1.08 bits per heavy atom. The van der Waals surface area contributed by atoms with Crippen LogP contribution in [0, 0.1) is 6.92 Å². The van der Waals surface area contributed by atoms with Crippen LogP contribution in [0.5, 0.6) is 0 Å². The number of aryl methyl sites for hydroxylation is 1. The van der Waals surface area contributed by atoms with E-state index in [2.05, 4.69) is 4.98 Å². The molecular weight excluding hydrogens is 343 g/mol. The van der Waals surface area contributed by atoms with E-state index in [1.54, 1.807) is 30.3 Å². The van der Waals surface area contributed by atoms with Crippen LogP contribution >= 0.6 is 0 Å². The predicted molar refractivity (Wildman–Crippen MR) is 93.2 cm³/mol. The van der Waals surface area contributed by atoms with Crippen molar-refractivity contribution in [1.82, 2.24) is 4.98 Å². The van der Waals surface area contributed by atoms with E-state index in [-0.39, 0.29) is 11.2 Å². The SMILES string of the molecule is Cc1cccc(C(=O)/C=C/c2cccc3c(C(=O)C(F)(F)F)c[nH]c23)c1. The lowest BCUT2D eigenvalue weighted by Gasteiger charge is -2.04. The minimum Gasteiger partial charge on any atom is -0.360 e. The van der Waals surface area contributed by atoms with Crippen molar-refractivity contribution in [1.29, 1.82) is 0 Å². The molecule has 132 valence electrons. The van der Waals surface area contributed by atoms with E-state index in [0.29, 0.717) is 16.6 Å². The van der Waals surface area contributed by atoms with Crippen LogP contribution in [0.3, 0.4) is 0 Å². The fraction of sp³-hybridized carbons (Fsp3) is 0.100. The molecule has 1 N–H and O–H groups in total. The number of rotatable bonds is 4. The van der Waals surface area contributed by atoms with Crippen molar-refractivity contribution >= 4 is 28.5 Å². The summed E-state index contributed by atoms with van der Waals surface area (Å²) in [6.07, 6.45) is -1.02. The van der Waals surface area contributed by atoms with Gasteiger partial charge >= 0.3 is 6.18 Å². The summed E-state index contributed by atoms with van der Waals surface area (Å²) in [4.78, 5) is 26.5. The van der Waals surface area contributed by atoms with Crippen LogP contribution in [-0.4, -0.2) is 22.7 Å². The number of aromatic amines is 1. The summed E-state index contributed by atoms with van der Waals surface area (Å²) in [5.41, 5.74) is 1.92. The Labute approximate surface area is 147 Å². The summed E-state index contributed by atoms with van der Waals surface area (Å²) >= 11 is 0. The van der Waals surface area contributed by atoms with Gasteiger partial charge in [-0.1, -0.05) is 42.0 Å². The quantitative estimate of drug-likeness (QED) is 0.521. The van der Waals surface area contributed by atoms with Crippen LogP contribution in [-0.2, 0) is 0 Å². The molecule has 6 heteroatoms. The number of carbonyl (C=O) groups is 2. The highest BCUT2D eigenvalue weighted by atomic mass is 19.4. The molecule has 2 aromatic carbocycles. The molecular formula is C20H14F3NO2. The fourth-order valence-corrected chi connectivity index (χ4v) is 2.72. The van der Waals surface area contributed by atoms with Crippen molar-refractivity contribution in [3.05, 3.63) is 77.0 Å². The lowest BCUT2D eigenvalue weighted by molar-refractivity contribution is -0.0884. The predicted octanol–water partition coefficient (Wildman–Crippen LogP) is 5.12. The van der Waals surface area contributed by atoms with Crippen LogP contribution in [0.15, 0.2) is 54.7 Å². The Morgan fingerprint density at radius 2 is 1.81 bits per heavy atom. The minimum atomic E-state index is -4.94. The third-order valence-electron chi connectivity index (χ3n) is 3.97. The third-order valence-corrected chi connectivity index (χ3v) is 3.97. The van der Waals surface area contributed by atoms with E-state index in [1.165, 1.54) is 18.2 Å². The smallest absolute Gasteiger partial charge is 0.360 e. The maximum atomic E-state index is 12.7. The Bertz CT molecular complexity index is 1030. The monoisotopic (exact) mass is 357 g/mol. The molecule has 0 saturated heterocycles. The number of nitrogens with one attached hydrogen (secondary N) is 1. The normalized spacial score (nSPS) is 12.0. The maximum Gasteiger partial charge on any atom is 0.454 e. The first-order valence-corrected chi connectivity index (χ1v) is 7.78. The summed E-state index contributed by atoms with van der Waals surface area (Å²) in [5.74, 6) is -2.12. The molecule has 0 atom stereocenters. The number of halogens is 3. The van der Waals surface area contributed by atoms with Gasteiger partial charge in [0.15, 0.2) is 5.78 Å². The molecule has 0 amide bonds. The molecule has 0 aliphatic heterocycles. The summed E-state index contributed by atoms with van der Waals surface area (Å²) in [6.45, 7) is 1.87. The number of carbonyl (C=O) groups excluding carboxylic acids is 2. The van der Waals surface area contributed by atoms with Gasteiger partial charge in [0.25, 0.3) is 5.78 Å². The topological polar surface area (TPSA) is 49.9 Å². The lowest BCUT2D eigenvalue weighted by atomic mass is 10.0. The molecule has 3 rings (SSSR count). The van der Waals surface area contributed by atoms with Crippen molar-refractivity contribution in [2.45, 2.75) is 13.1 Å².